The zero-order valence-electron chi connectivity index (χ0n) is 13.7. The van der Waals surface area contributed by atoms with Gasteiger partial charge in [0.15, 0.2) is 4.34 Å². The molecule has 0 saturated heterocycles. The van der Waals surface area contributed by atoms with Crippen molar-refractivity contribution in [2.24, 2.45) is 0 Å². The number of rotatable bonds is 6. The summed E-state index contributed by atoms with van der Waals surface area (Å²) < 4.78 is 7.59. The number of aryl methyl sites for hydroxylation is 1. The average molecular weight is 438 g/mol. The van der Waals surface area contributed by atoms with Crippen molar-refractivity contribution in [3.05, 3.63) is 46.1 Å². The Morgan fingerprint density at radius 3 is 2.80 bits per heavy atom. The van der Waals surface area contributed by atoms with Gasteiger partial charge in [-0.1, -0.05) is 58.1 Å². The molecule has 0 bridgehead atoms. The fourth-order valence-electron chi connectivity index (χ4n) is 2.14. The third kappa shape index (κ3) is 4.50. The molecule has 0 fully saturated rings. The molecule has 0 spiro atoms. The summed E-state index contributed by atoms with van der Waals surface area (Å²) in [5, 5.41) is 11.4. The summed E-state index contributed by atoms with van der Waals surface area (Å²) in [6.07, 6.45) is 1.07. The second kappa shape index (κ2) is 8.16. The standard InChI is InChI=1S/C17H16BrN3O2S2/c1-3-8-24-17-21-20-16(25-17)19-15(22)13-9-14(23-10(13)2)11-4-6-12(18)7-5-11/h4-7,9H,3,8H2,1-2H3,(H,19,20,22). The molecule has 3 aromatic rings. The maximum absolute atomic E-state index is 12.5. The number of furan rings is 1. The maximum atomic E-state index is 12.5. The van der Waals surface area contributed by atoms with E-state index in [-0.39, 0.29) is 5.91 Å². The Morgan fingerprint density at radius 1 is 1.32 bits per heavy atom. The van der Waals surface area contributed by atoms with Crippen LogP contribution in [0.3, 0.4) is 0 Å². The topological polar surface area (TPSA) is 68.0 Å². The second-order valence-electron chi connectivity index (χ2n) is 5.26. The maximum Gasteiger partial charge on any atom is 0.261 e. The minimum atomic E-state index is -0.243. The number of hydrogen-bond donors (Lipinski definition) is 1. The summed E-state index contributed by atoms with van der Waals surface area (Å²) in [5.41, 5.74) is 1.41. The third-order valence-corrected chi connectivity index (χ3v) is 6.05. The van der Waals surface area contributed by atoms with Gasteiger partial charge in [0.2, 0.25) is 5.13 Å². The van der Waals surface area contributed by atoms with Gasteiger partial charge >= 0.3 is 0 Å². The van der Waals surface area contributed by atoms with Gasteiger partial charge in [0.1, 0.15) is 11.5 Å². The number of carbonyl (C=O) groups excluding carboxylic acids is 1. The van der Waals surface area contributed by atoms with E-state index in [1.807, 2.05) is 24.3 Å². The Kier molecular flexibility index (Phi) is 5.93. The van der Waals surface area contributed by atoms with Gasteiger partial charge in [0, 0.05) is 15.8 Å². The largest absolute Gasteiger partial charge is 0.461 e. The first-order valence-electron chi connectivity index (χ1n) is 7.71. The number of anilines is 1. The van der Waals surface area contributed by atoms with E-state index in [2.05, 4.69) is 38.4 Å². The molecule has 1 N–H and O–H groups in total. The highest BCUT2D eigenvalue weighted by Gasteiger charge is 2.17. The monoisotopic (exact) mass is 437 g/mol. The molecule has 0 radical (unpaired) electrons. The Bertz CT molecular complexity index is 874. The number of amides is 1. The molecule has 5 nitrogen and oxygen atoms in total. The molecule has 0 aliphatic carbocycles. The van der Waals surface area contributed by atoms with Crippen molar-refractivity contribution in [3.8, 4) is 11.3 Å². The predicted molar refractivity (Wildman–Crippen MR) is 105 cm³/mol. The Hall–Kier alpha value is -1.64. The smallest absolute Gasteiger partial charge is 0.261 e. The summed E-state index contributed by atoms with van der Waals surface area (Å²) in [6, 6.07) is 9.49. The SMILES string of the molecule is CCCSc1nnc(NC(=O)c2cc(-c3ccc(Br)cc3)oc2C)s1. The van der Waals surface area contributed by atoms with Gasteiger partial charge in [-0.05, 0) is 31.5 Å². The molecule has 130 valence electrons. The molecule has 1 aromatic carbocycles. The van der Waals surface area contributed by atoms with Crippen molar-refractivity contribution < 1.29 is 9.21 Å². The lowest BCUT2D eigenvalue weighted by atomic mass is 10.1. The molecular weight excluding hydrogens is 422 g/mol. The molecule has 25 heavy (non-hydrogen) atoms. The number of thioether (sulfide) groups is 1. The van der Waals surface area contributed by atoms with Crippen LogP contribution in [-0.2, 0) is 0 Å². The van der Waals surface area contributed by atoms with Gasteiger partial charge < -0.3 is 4.42 Å². The van der Waals surface area contributed by atoms with Crippen LogP contribution in [0.4, 0.5) is 5.13 Å². The molecule has 1 amide bonds. The van der Waals surface area contributed by atoms with E-state index < -0.39 is 0 Å². The zero-order valence-corrected chi connectivity index (χ0v) is 16.9. The Balaban J connectivity index is 1.74. The van der Waals surface area contributed by atoms with Crippen molar-refractivity contribution >= 4 is 50.1 Å². The first-order chi connectivity index (χ1) is 12.1. The lowest BCUT2D eigenvalue weighted by Gasteiger charge is -1.98. The molecule has 2 heterocycles. The first-order valence-corrected chi connectivity index (χ1v) is 10.3. The third-order valence-electron chi connectivity index (χ3n) is 3.35. The number of aromatic nitrogens is 2. The molecule has 2 aromatic heterocycles. The molecule has 0 saturated carbocycles. The van der Waals surface area contributed by atoms with Crippen molar-refractivity contribution in [1.29, 1.82) is 0 Å². The molecule has 8 heteroatoms. The number of benzene rings is 1. The summed E-state index contributed by atoms with van der Waals surface area (Å²) in [5.74, 6) is 1.97. The fraction of sp³-hybridized carbons (Fsp3) is 0.235. The fourth-order valence-corrected chi connectivity index (χ4v) is 4.07. The van der Waals surface area contributed by atoms with E-state index in [1.165, 1.54) is 11.3 Å². The van der Waals surface area contributed by atoms with Gasteiger partial charge in [-0.15, -0.1) is 10.2 Å². The minimum absolute atomic E-state index is 0.243. The van der Waals surface area contributed by atoms with Crippen molar-refractivity contribution in [1.82, 2.24) is 10.2 Å². The van der Waals surface area contributed by atoms with Crippen LogP contribution in [0.1, 0.15) is 29.5 Å². The molecule has 0 unspecified atom stereocenters. The quantitative estimate of drug-likeness (QED) is 0.400. The number of hydrogen-bond acceptors (Lipinski definition) is 6. The molecule has 0 aliphatic heterocycles. The highest BCUT2D eigenvalue weighted by molar-refractivity contribution is 9.10. The zero-order chi connectivity index (χ0) is 17.8. The summed E-state index contributed by atoms with van der Waals surface area (Å²) in [7, 11) is 0. The van der Waals surface area contributed by atoms with Crippen LogP contribution in [0.25, 0.3) is 11.3 Å². The Labute approximate surface area is 162 Å². The van der Waals surface area contributed by atoms with E-state index in [0.29, 0.717) is 22.2 Å². The summed E-state index contributed by atoms with van der Waals surface area (Å²) in [6.45, 7) is 3.89. The number of nitrogens with zero attached hydrogens (tertiary/aromatic N) is 2. The summed E-state index contributed by atoms with van der Waals surface area (Å²) >= 11 is 6.43. The molecule has 0 atom stereocenters. The predicted octanol–water partition coefficient (Wildman–Crippen LogP) is 5.62. The molecule has 0 aliphatic rings. The van der Waals surface area contributed by atoms with Crippen molar-refractivity contribution in [2.45, 2.75) is 24.6 Å². The number of halogens is 1. The van der Waals surface area contributed by atoms with Crippen LogP contribution in [-0.4, -0.2) is 21.9 Å². The van der Waals surface area contributed by atoms with Crippen LogP contribution in [0, 0.1) is 6.92 Å². The van der Waals surface area contributed by atoms with E-state index in [4.69, 9.17) is 4.42 Å². The van der Waals surface area contributed by atoms with E-state index in [1.54, 1.807) is 24.8 Å². The van der Waals surface area contributed by atoms with Crippen LogP contribution in [0.2, 0.25) is 0 Å². The highest BCUT2D eigenvalue weighted by Crippen LogP contribution is 2.29. The van der Waals surface area contributed by atoms with E-state index in [9.17, 15) is 4.79 Å². The minimum Gasteiger partial charge on any atom is -0.461 e. The molecular formula is C17H16BrN3O2S2. The normalized spacial score (nSPS) is 10.8. The van der Waals surface area contributed by atoms with Gasteiger partial charge in [-0.3, -0.25) is 10.1 Å². The van der Waals surface area contributed by atoms with Crippen molar-refractivity contribution in [2.75, 3.05) is 11.1 Å². The second-order valence-corrected chi connectivity index (χ2v) is 8.50. The van der Waals surface area contributed by atoms with Crippen LogP contribution >= 0.6 is 39.0 Å². The lowest BCUT2D eigenvalue weighted by molar-refractivity contribution is 0.102. The van der Waals surface area contributed by atoms with Crippen LogP contribution < -0.4 is 5.32 Å². The summed E-state index contributed by atoms with van der Waals surface area (Å²) in [4.78, 5) is 12.5. The van der Waals surface area contributed by atoms with Crippen LogP contribution in [0.15, 0.2) is 43.6 Å². The number of nitrogens with one attached hydrogen (secondary N) is 1. The van der Waals surface area contributed by atoms with E-state index >= 15 is 0 Å². The number of carbonyl (C=O) groups is 1. The highest BCUT2D eigenvalue weighted by atomic mass is 79.9. The van der Waals surface area contributed by atoms with Crippen LogP contribution in [0.5, 0.6) is 0 Å². The Morgan fingerprint density at radius 2 is 2.08 bits per heavy atom. The molecule has 3 rings (SSSR count). The first kappa shape index (κ1) is 18.2. The van der Waals surface area contributed by atoms with Gasteiger partial charge in [0.25, 0.3) is 5.91 Å². The van der Waals surface area contributed by atoms with Gasteiger partial charge in [-0.2, -0.15) is 0 Å². The lowest BCUT2D eigenvalue weighted by Crippen LogP contribution is -2.11. The average Bonchev–Trinajstić information content (AvgIpc) is 3.20. The van der Waals surface area contributed by atoms with Crippen molar-refractivity contribution in [3.63, 3.8) is 0 Å². The van der Waals surface area contributed by atoms with Gasteiger partial charge in [-0.25, -0.2) is 0 Å². The van der Waals surface area contributed by atoms with E-state index in [0.717, 1.165) is 26.5 Å². The van der Waals surface area contributed by atoms with Gasteiger partial charge in [0.05, 0.1) is 5.56 Å².